The molecule has 2 atom stereocenters. The molecule has 1 rings (SSSR count). The van der Waals surface area contributed by atoms with Gasteiger partial charge in [0.2, 0.25) is 12.2 Å². The van der Waals surface area contributed by atoms with E-state index in [1.807, 2.05) is 6.92 Å². The Bertz CT molecular complexity index is 264. The number of carbonyl (C=O) groups excluding carboxylic acids is 2. The van der Waals surface area contributed by atoms with E-state index in [1.54, 1.807) is 0 Å². The molecule has 4 nitrogen and oxygen atoms in total. The summed E-state index contributed by atoms with van der Waals surface area (Å²) in [5.74, 6) is 0. The second-order valence-electron chi connectivity index (χ2n) is 3.19. The van der Waals surface area contributed by atoms with Crippen LogP contribution in [0.15, 0.2) is 9.98 Å². The van der Waals surface area contributed by atoms with Crippen molar-refractivity contribution in [2.75, 3.05) is 0 Å². The molecule has 1 aliphatic carbocycles. The van der Waals surface area contributed by atoms with Crippen LogP contribution < -0.4 is 0 Å². The third-order valence-corrected chi connectivity index (χ3v) is 2.39. The molecule has 0 saturated heterocycles. The second kappa shape index (κ2) is 3.44. The summed E-state index contributed by atoms with van der Waals surface area (Å²) >= 11 is 0. The summed E-state index contributed by atoms with van der Waals surface area (Å²) in [5, 5.41) is 0. The number of nitrogens with zero attached hydrogens (tertiary/aromatic N) is 2. The van der Waals surface area contributed by atoms with E-state index in [2.05, 4.69) is 9.98 Å². The maximum Gasteiger partial charge on any atom is 0.235 e. The van der Waals surface area contributed by atoms with Crippen LogP contribution in [0.3, 0.4) is 0 Å². The van der Waals surface area contributed by atoms with Crippen molar-refractivity contribution < 1.29 is 9.59 Å². The van der Waals surface area contributed by atoms with Crippen molar-refractivity contribution in [2.45, 2.75) is 37.8 Å². The van der Waals surface area contributed by atoms with Gasteiger partial charge in [0.05, 0.1) is 11.6 Å². The van der Waals surface area contributed by atoms with Gasteiger partial charge in [-0.2, -0.15) is 9.98 Å². The van der Waals surface area contributed by atoms with Gasteiger partial charge in [-0.25, -0.2) is 9.59 Å². The molecule has 0 aliphatic heterocycles. The van der Waals surface area contributed by atoms with E-state index in [1.165, 1.54) is 12.2 Å². The largest absolute Gasteiger partial charge is 0.235 e. The van der Waals surface area contributed by atoms with Gasteiger partial charge in [0.1, 0.15) is 0 Å². The predicted octanol–water partition coefficient (Wildman–Crippen LogP) is 0.969. The Labute approximate surface area is 70.4 Å². The maximum absolute atomic E-state index is 10.1. The molecule has 0 aromatic rings. The summed E-state index contributed by atoms with van der Waals surface area (Å²) in [6.07, 6.45) is 5.57. The van der Waals surface area contributed by atoms with E-state index in [0.29, 0.717) is 0 Å². The fourth-order valence-corrected chi connectivity index (χ4v) is 1.63. The molecule has 0 aromatic carbocycles. The Morgan fingerprint density at radius 1 is 1.42 bits per heavy atom. The van der Waals surface area contributed by atoms with Crippen molar-refractivity contribution in [3.05, 3.63) is 0 Å². The molecule has 4 heteroatoms. The van der Waals surface area contributed by atoms with Gasteiger partial charge < -0.3 is 0 Å². The summed E-state index contributed by atoms with van der Waals surface area (Å²) < 4.78 is 0. The average Bonchev–Trinajstić information content (AvgIpc) is 2.35. The monoisotopic (exact) mass is 166 g/mol. The smallest absolute Gasteiger partial charge is 0.211 e. The van der Waals surface area contributed by atoms with Crippen LogP contribution in [-0.2, 0) is 9.59 Å². The van der Waals surface area contributed by atoms with Crippen molar-refractivity contribution in [1.82, 2.24) is 0 Å². The minimum Gasteiger partial charge on any atom is -0.211 e. The molecule has 0 N–H and O–H groups in total. The van der Waals surface area contributed by atoms with Crippen molar-refractivity contribution >= 4 is 12.2 Å². The first-order valence-electron chi connectivity index (χ1n) is 3.89. The molecule has 1 fully saturated rings. The predicted molar refractivity (Wildman–Crippen MR) is 42.3 cm³/mol. The van der Waals surface area contributed by atoms with Crippen LogP contribution in [-0.4, -0.2) is 23.7 Å². The van der Waals surface area contributed by atoms with Crippen LogP contribution in [0.5, 0.6) is 0 Å². The van der Waals surface area contributed by atoms with Crippen LogP contribution >= 0.6 is 0 Å². The van der Waals surface area contributed by atoms with Gasteiger partial charge in [0.15, 0.2) is 0 Å². The van der Waals surface area contributed by atoms with E-state index >= 15 is 0 Å². The quantitative estimate of drug-likeness (QED) is 0.453. The number of rotatable bonds is 2. The summed E-state index contributed by atoms with van der Waals surface area (Å²) in [4.78, 5) is 27.4. The van der Waals surface area contributed by atoms with Gasteiger partial charge in [0, 0.05) is 0 Å². The summed E-state index contributed by atoms with van der Waals surface area (Å²) in [6.45, 7) is 1.82. The average molecular weight is 166 g/mol. The van der Waals surface area contributed by atoms with Gasteiger partial charge in [-0.05, 0) is 26.2 Å². The van der Waals surface area contributed by atoms with Crippen LogP contribution in [0.4, 0.5) is 0 Å². The number of aliphatic imine (C=N–C) groups is 2. The molecule has 0 spiro atoms. The SMILES string of the molecule is CC1(N=C=O)CCCC1N=C=O. The van der Waals surface area contributed by atoms with Gasteiger partial charge in [-0.1, -0.05) is 0 Å². The molecule has 0 heterocycles. The fraction of sp³-hybridized carbons (Fsp3) is 0.750. The van der Waals surface area contributed by atoms with Crippen LogP contribution in [0.25, 0.3) is 0 Å². The highest BCUT2D eigenvalue weighted by atomic mass is 16.1. The van der Waals surface area contributed by atoms with Crippen molar-refractivity contribution in [3.63, 3.8) is 0 Å². The molecule has 1 saturated carbocycles. The molecule has 2 unspecified atom stereocenters. The summed E-state index contributed by atoms with van der Waals surface area (Å²) in [6, 6.07) is -0.184. The molecule has 12 heavy (non-hydrogen) atoms. The topological polar surface area (TPSA) is 58.9 Å². The molecular weight excluding hydrogens is 156 g/mol. The van der Waals surface area contributed by atoms with E-state index in [9.17, 15) is 9.59 Å². The zero-order chi connectivity index (χ0) is 9.03. The fourth-order valence-electron chi connectivity index (χ4n) is 1.63. The van der Waals surface area contributed by atoms with Crippen molar-refractivity contribution in [3.8, 4) is 0 Å². The zero-order valence-corrected chi connectivity index (χ0v) is 6.91. The Morgan fingerprint density at radius 3 is 2.75 bits per heavy atom. The van der Waals surface area contributed by atoms with E-state index in [0.717, 1.165) is 19.3 Å². The molecule has 0 bridgehead atoms. The normalized spacial score (nSPS) is 33.6. The Morgan fingerprint density at radius 2 is 2.17 bits per heavy atom. The lowest BCUT2D eigenvalue weighted by atomic mass is 9.97. The third kappa shape index (κ3) is 1.50. The van der Waals surface area contributed by atoms with Crippen LogP contribution in [0, 0.1) is 0 Å². The minimum atomic E-state index is -0.515. The molecule has 0 aromatic heterocycles. The molecular formula is C8H10N2O2. The van der Waals surface area contributed by atoms with Crippen LogP contribution in [0.2, 0.25) is 0 Å². The first-order chi connectivity index (χ1) is 5.73. The first kappa shape index (κ1) is 8.85. The van der Waals surface area contributed by atoms with E-state index in [4.69, 9.17) is 0 Å². The van der Waals surface area contributed by atoms with Gasteiger partial charge in [-0.15, -0.1) is 0 Å². The Kier molecular flexibility index (Phi) is 2.54. The van der Waals surface area contributed by atoms with Gasteiger partial charge >= 0.3 is 0 Å². The molecule has 0 amide bonds. The number of isocyanates is 2. The van der Waals surface area contributed by atoms with Crippen LogP contribution in [0.1, 0.15) is 26.2 Å². The highest BCUT2D eigenvalue weighted by Gasteiger charge is 2.38. The lowest BCUT2D eigenvalue weighted by Crippen LogP contribution is -2.30. The molecule has 1 aliphatic rings. The standard InChI is InChI=1S/C8H10N2O2/c1-8(10-6-12)4-2-3-7(8)9-5-11/h7H,2-4H2,1H3. The highest BCUT2D eigenvalue weighted by molar-refractivity contribution is 5.38. The molecule has 0 radical (unpaired) electrons. The van der Waals surface area contributed by atoms with E-state index < -0.39 is 5.54 Å². The summed E-state index contributed by atoms with van der Waals surface area (Å²) in [5.41, 5.74) is -0.515. The van der Waals surface area contributed by atoms with Gasteiger partial charge in [0.25, 0.3) is 0 Å². The number of hydrogen-bond donors (Lipinski definition) is 0. The van der Waals surface area contributed by atoms with Crippen molar-refractivity contribution in [2.24, 2.45) is 9.98 Å². The Balaban J connectivity index is 2.87. The highest BCUT2D eigenvalue weighted by Crippen LogP contribution is 2.34. The zero-order valence-electron chi connectivity index (χ0n) is 6.91. The summed E-state index contributed by atoms with van der Waals surface area (Å²) in [7, 11) is 0. The Hall–Kier alpha value is -1.24. The molecule has 64 valence electrons. The maximum atomic E-state index is 10.1. The lowest BCUT2D eigenvalue weighted by Gasteiger charge is -2.20. The minimum absolute atomic E-state index is 0.184. The lowest BCUT2D eigenvalue weighted by molar-refractivity contribution is 0.425. The number of hydrogen-bond acceptors (Lipinski definition) is 4. The first-order valence-corrected chi connectivity index (χ1v) is 3.89. The second-order valence-corrected chi connectivity index (χ2v) is 3.19. The third-order valence-electron chi connectivity index (χ3n) is 2.39. The van der Waals surface area contributed by atoms with Gasteiger partial charge in [-0.3, -0.25) is 0 Å². The van der Waals surface area contributed by atoms with Crippen molar-refractivity contribution in [1.29, 1.82) is 0 Å². The van der Waals surface area contributed by atoms with E-state index in [-0.39, 0.29) is 6.04 Å².